The van der Waals surface area contributed by atoms with Gasteiger partial charge in [-0.3, -0.25) is 4.79 Å². The second-order valence-electron chi connectivity index (χ2n) is 4.50. The predicted molar refractivity (Wildman–Crippen MR) is 67.9 cm³/mol. The molecule has 0 spiro atoms. The number of H-pyrrole nitrogens is 1. The molecule has 2 rings (SSSR count). The number of nitrogens with zero attached hydrogens (tertiary/aromatic N) is 1. The van der Waals surface area contributed by atoms with Crippen LogP contribution in [0.1, 0.15) is 12.8 Å². The highest BCUT2D eigenvalue weighted by Crippen LogP contribution is 2.14. The third kappa shape index (κ3) is 2.80. The van der Waals surface area contributed by atoms with Crippen LogP contribution in [-0.4, -0.2) is 44.5 Å². The van der Waals surface area contributed by atoms with Crippen molar-refractivity contribution in [3.63, 3.8) is 0 Å². The number of hydrogen-bond donors (Lipinski definition) is 2. The first-order valence-electron chi connectivity index (χ1n) is 5.88. The number of aromatic amines is 1. The second-order valence-corrected chi connectivity index (χ2v) is 6.24. The first-order chi connectivity index (χ1) is 8.50. The van der Waals surface area contributed by atoms with E-state index in [1.807, 2.05) is 7.05 Å². The molecule has 0 bridgehead atoms. The Bertz CT molecular complexity index is 567. The second kappa shape index (κ2) is 5.21. The minimum Gasteiger partial charge on any atom is -0.366 e. The van der Waals surface area contributed by atoms with Crippen molar-refractivity contribution in [3.8, 4) is 0 Å². The largest absolute Gasteiger partial charge is 0.366 e. The SMILES string of the molecule is CN1CCCC1CNS(=O)(=O)c1c[nH]ccc1=O. The lowest BCUT2D eigenvalue weighted by atomic mass is 10.2. The molecular weight excluding hydrogens is 254 g/mol. The summed E-state index contributed by atoms with van der Waals surface area (Å²) in [5.74, 6) is 0. The fourth-order valence-corrected chi connectivity index (χ4v) is 3.26. The van der Waals surface area contributed by atoms with Crippen LogP contribution in [0.2, 0.25) is 0 Å². The summed E-state index contributed by atoms with van der Waals surface area (Å²) >= 11 is 0. The molecule has 0 aromatic carbocycles. The Balaban J connectivity index is 2.09. The first-order valence-corrected chi connectivity index (χ1v) is 7.36. The van der Waals surface area contributed by atoms with E-state index in [4.69, 9.17) is 0 Å². The first kappa shape index (κ1) is 13.3. The van der Waals surface area contributed by atoms with Crippen molar-refractivity contribution in [1.82, 2.24) is 14.6 Å². The monoisotopic (exact) mass is 271 g/mol. The van der Waals surface area contributed by atoms with E-state index in [-0.39, 0.29) is 10.9 Å². The maximum absolute atomic E-state index is 12.0. The van der Waals surface area contributed by atoms with Crippen LogP contribution in [0.4, 0.5) is 0 Å². The van der Waals surface area contributed by atoms with Gasteiger partial charge in [0.25, 0.3) is 0 Å². The number of sulfonamides is 1. The van der Waals surface area contributed by atoms with E-state index in [1.165, 1.54) is 18.5 Å². The van der Waals surface area contributed by atoms with Crippen molar-refractivity contribution in [1.29, 1.82) is 0 Å². The zero-order valence-electron chi connectivity index (χ0n) is 10.2. The van der Waals surface area contributed by atoms with E-state index in [2.05, 4.69) is 14.6 Å². The highest BCUT2D eigenvalue weighted by Gasteiger charge is 2.24. The zero-order chi connectivity index (χ0) is 13.2. The van der Waals surface area contributed by atoms with Crippen molar-refractivity contribution >= 4 is 10.0 Å². The molecule has 0 radical (unpaired) electrons. The fraction of sp³-hybridized carbons (Fsp3) is 0.545. The van der Waals surface area contributed by atoms with E-state index in [9.17, 15) is 13.2 Å². The third-order valence-corrected chi connectivity index (χ3v) is 4.70. The molecule has 18 heavy (non-hydrogen) atoms. The lowest BCUT2D eigenvalue weighted by molar-refractivity contribution is 0.311. The number of likely N-dealkylation sites (N-methyl/N-ethyl adjacent to an activating group) is 1. The van der Waals surface area contributed by atoms with Crippen molar-refractivity contribution in [2.75, 3.05) is 20.1 Å². The van der Waals surface area contributed by atoms with Gasteiger partial charge in [0.15, 0.2) is 0 Å². The van der Waals surface area contributed by atoms with Crippen LogP contribution < -0.4 is 10.2 Å². The summed E-state index contributed by atoms with van der Waals surface area (Å²) in [6.07, 6.45) is 4.67. The Morgan fingerprint density at radius 1 is 1.56 bits per heavy atom. The summed E-state index contributed by atoms with van der Waals surface area (Å²) < 4.78 is 26.4. The number of aromatic nitrogens is 1. The maximum Gasteiger partial charge on any atom is 0.245 e. The van der Waals surface area contributed by atoms with Crippen LogP contribution >= 0.6 is 0 Å². The molecule has 100 valence electrons. The van der Waals surface area contributed by atoms with Gasteiger partial charge in [-0.2, -0.15) is 0 Å². The highest BCUT2D eigenvalue weighted by molar-refractivity contribution is 7.89. The molecule has 1 atom stereocenters. The summed E-state index contributed by atoms with van der Waals surface area (Å²) in [6.45, 7) is 1.32. The average molecular weight is 271 g/mol. The van der Waals surface area contributed by atoms with Crippen LogP contribution in [0.5, 0.6) is 0 Å². The normalized spacial score (nSPS) is 21.3. The molecule has 1 aromatic rings. The summed E-state index contributed by atoms with van der Waals surface area (Å²) in [6, 6.07) is 1.42. The quantitative estimate of drug-likeness (QED) is 0.791. The van der Waals surface area contributed by atoms with Crippen LogP contribution in [-0.2, 0) is 10.0 Å². The highest BCUT2D eigenvalue weighted by atomic mass is 32.2. The molecule has 1 aromatic heterocycles. The predicted octanol–water partition coefficient (Wildman–Crippen LogP) is -0.253. The van der Waals surface area contributed by atoms with Gasteiger partial charge in [0, 0.05) is 31.0 Å². The molecule has 1 aliphatic heterocycles. The number of hydrogen-bond acceptors (Lipinski definition) is 4. The molecule has 6 nitrogen and oxygen atoms in total. The number of nitrogens with one attached hydrogen (secondary N) is 2. The van der Waals surface area contributed by atoms with Crippen LogP contribution in [0.25, 0.3) is 0 Å². The maximum atomic E-state index is 12.0. The van der Waals surface area contributed by atoms with Gasteiger partial charge < -0.3 is 9.88 Å². The summed E-state index contributed by atoms with van der Waals surface area (Å²) in [5.41, 5.74) is -0.499. The van der Waals surface area contributed by atoms with Gasteiger partial charge in [-0.05, 0) is 26.4 Å². The molecule has 1 unspecified atom stereocenters. The molecule has 1 saturated heterocycles. The van der Waals surface area contributed by atoms with Gasteiger partial charge in [0.1, 0.15) is 4.90 Å². The summed E-state index contributed by atoms with van der Waals surface area (Å²) in [5, 5.41) is 0. The minimum absolute atomic E-state index is 0.211. The van der Waals surface area contributed by atoms with Gasteiger partial charge in [-0.15, -0.1) is 0 Å². The summed E-state index contributed by atoms with van der Waals surface area (Å²) in [4.78, 5) is 16.0. The average Bonchev–Trinajstić information content (AvgIpc) is 2.73. The Morgan fingerprint density at radius 2 is 2.33 bits per heavy atom. The van der Waals surface area contributed by atoms with Crippen molar-refractivity contribution in [2.45, 2.75) is 23.8 Å². The van der Waals surface area contributed by atoms with Gasteiger partial charge in [0.05, 0.1) is 0 Å². The molecule has 2 heterocycles. The lowest BCUT2D eigenvalue weighted by Gasteiger charge is -2.19. The van der Waals surface area contributed by atoms with Crippen molar-refractivity contribution in [3.05, 3.63) is 28.7 Å². The van der Waals surface area contributed by atoms with Gasteiger partial charge in [0.2, 0.25) is 15.5 Å². The van der Waals surface area contributed by atoms with Crippen LogP contribution in [0, 0.1) is 0 Å². The molecule has 0 aliphatic carbocycles. The Morgan fingerprint density at radius 3 is 2.94 bits per heavy atom. The standard InChI is InChI=1S/C11H17N3O3S/c1-14-6-2-3-9(14)7-13-18(16,17)11-8-12-5-4-10(11)15/h4-5,8-9,13H,2-3,6-7H2,1H3,(H,12,15). The van der Waals surface area contributed by atoms with E-state index in [0.717, 1.165) is 19.4 Å². The number of rotatable bonds is 4. The van der Waals surface area contributed by atoms with Crippen molar-refractivity contribution in [2.24, 2.45) is 0 Å². The van der Waals surface area contributed by atoms with Crippen LogP contribution in [0.15, 0.2) is 28.2 Å². The van der Waals surface area contributed by atoms with E-state index < -0.39 is 15.5 Å². The number of likely N-dealkylation sites (tertiary alicyclic amines) is 1. The molecule has 1 aliphatic rings. The van der Waals surface area contributed by atoms with Crippen molar-refractivity contribution < 1.29 is 8.42 Å². The lowest BCUT2D eigenvalue weighted by Crippen LogP contribution is -2.39. The van der Waals surface area contributed by atoms with E-state index >= 15 is 0 Å². The molecule has 2 N–H and O–H groups in total. The minimum atomic E-state index is -3.72. The summed E-state index contributed by atoms with van der Waals surface area (Å²) in [7, 11) is -1.75. The third-order valence-electron chi connectivity index (χ3n) is 3.26. The molecule has 0 amide bonds. The van der Waals surface area contributed by atoms with Crippen LogP contribution in [0.3, 0.4) is 0 Å². The Kier molecular flexibility index (Phi) is 3.84. The number of pyridine rings is 1. The smallest absolute Gasteiger partial charge is 0.245 e. The molecular formula is C11H17N3O3S. The van der Waals surface area contributed by atoms with Gasteiger partial charge >= 0.3 is 0 Å². The van der Waals surface area contributed by atoms with Gasteiger partial charge in [-0.25, -0.2) is 13.1 Å². The molecule has 7 heteroatoms. The molecule has 1 fully saturated rings. The fourth-order valence-electron chi connectivity index (χ4n) is 2.13. The van der Waals surface area contributed by atoms with E-state index in [0.29, 0.717) is 6.54 Å². The topological polar surface area (TPSA) is 82.3 Å². The van der Waals surface area contributed by atoms with E-state index in [1.54, 1.807) is 0 Å². The Hall–Kier alpha value is -1.18. The Labute approximate surface area is 106 Å². The molecule has 0 saturated carbocycles. The van der Waals surface area contributed by atoms with Gasteiger partial charge in [-0.1, -0.05) is 0 Å². The zero-order valence-corrected chi connectivity index (χ0v) is 11.0.